The predicted octanol–water partition coefficient (Wildman–Crippen LogP) is 5.01. The van der Waals surface area contributed by atoms with Crippen LogP contribution in [0.2, 0.25) is 0 Å². The molecule has 1 nitrogen and oxygen atoms in total. The highest BCUT2D eigenvalue weighted by Crippen LogP contribution is 2.29. The summed E-state index contributed by atoms with van der Waals surface area (Å²) in [5, 5.41) is 3.74. The highest BCUT2D eigenvalue weighted by atomic mass is 32.1. The maximum absolute atomic E-state index is 3.74. The Labute approximate surface area is 122 Å². The van der Waals surface area contributed by atoms with E-state index in [2.05, 4.69) is 52.1 Å². The lowest BCUT2D eigenvalue weighted by Gasteiger charge is -2.27. The molecule has 106 valence electrons. The Morgan fingerprint density at radius 1 is 1.37 bits per heavy atom. The summed E-state index contributed by atoms with van der Waals surface area (Å²) in [5.41, 5.74) is 3.05. The van der Waals surface area contributed by atoms with Gasteiger partial charge in [-0.3, -0.25) is 0 Å². The molecule has 0 fully saturated rings. The lowest BCUT2D eigenvalue weighted by atomic mass is 9.83. The van der Waals surface area contributed by atoms with Gasteiger partial charge in [-0.15, -0.1) is 11.3 Å². The minimum absolute atomic E-state index is 0.478. The molecule has 0 saturated carbocycles. The highest BCUT2D eigenvalue weighted by molar-refractivity contribution is 7.12. The minimum Gasteiger partial charge on any atom is -0.310 e. The summed E-state index contributed by atoms with van der Waals surface area (Å²) in [6.07, 6.45) is 5.04. The quantitative estimate of drug-likeness (QED) is 0.763. The van der Waals surface area contributed by atoms with Crippen LogP contribution in [-0.4, -0.2) is 6.54 Å². The van der Waals surface area contributed by atoms with Crippen LogP contribution in [0.4, 0.5) is 0 Å². The van der Waals surface area contributed by atoms with Crippen LogP contribution in [0, 0.1) is 25.7 Å². The second kappa shape index (κ2) is 6.23. The van der Waals surface area contributed by atoms with Gasteiger partial charge in [0.25, 0.3) is 0 Å². The van der Waals surface area contributed by atoms with E-state index in [1.165, 1.54) is 28.2 Å². The molecule has 0 radical (unpaired) electrons. The van der Waals surface area contributed by atoms with Crippen molar-refractivity contribution in [3.05, 3.63) is 33.0 Å². The van der Waals surface area contributed by atoms with Crippen molar-refractivity contribution in [2.45, 2.75) is 53.5 Å². The average Bonchev–Trinajstić information content (AvgIpc) is 2.64. The van der Waals surface area contributed by atoms with Gasteiger partial charge in [0.1, 0.15) is 0 Å². The molecular weight excluding hydrogens is 250 g/mol. The molecule has 1 aliphatic carbocycles. The Kier molecular flexibility index (Phi) is 4.86. The van der Waals surface area contributed by atoms with E-state index in [1.807, 2.05) is 11.3 Å². The lowest BCUT2D eigenvalue weighted by molar-refractivity contribution is 0.366. The van der Waals surface area contributed by atoms with Gasteiger partial charge in [-0.1, -0.05) is 18.6 Å². The molecule has 0 bridgehead atoms. The third-order valence-electron chi connectivity index (χ3n) is 4.14. The first-order valence-corrected chi connectivity index (χ1v) is 8.25. The molecule has 19 heavy (non-hydrogen) atoms. The first-order valence-electron chi connectivity index (χ1n) is 7.43. The molecule has 1 N–H and O–H groups in total. The van der Waals surface area contributed by atoms with Crippen LogP contribution >= 0.6 is 11.3 Å². The van der Waals surface area contributed by atoms with Crippen molar-refractivity contribution in [3.8, 4) is 0 Å². The topological polar surface area (TPSA) is 12.0 Å². The number of nitrogens with one attached hydrogen (secondary N) is 1. The number of hydrogen-bond donors (Lipinski definition) is 1. The SMILES string of the molecule is CC1=CC(C)CC(CNC(C)c2cc(C)sc2C)C1. The van der Waals surface area contributed by atoms with Gasteiger partial charge in [-0.2, -0.15) is 0 Å². The Balaban J connectivity index is 1.89. The first-order chi connectivity index (χ1) is 8.95. The van der Waals surface area contributed by atoms with Crippen molar-refractivity contribution in [2.24, 2.45) is 11.8 Å². The zero-order valence-electron chi connectivity index (χ0n) is 12.9. The molecule has 1 aromatic rings. The third kappa shape index (κ3) is 3.93. The summed E-state index contributed by atoms with van der Waals surface area (Å²) in [5.74, 6) is 1.56. The Morgan fingerprint density at radius 3 is 2.68 bits per heavy atom. The van der Waals surface area contributed by atoms with Gasteiger partial charge in [0.05, 0.1) is 0 Å². The smallest absolute Gasteiger partial charge is 0.0302 e. The van der Waals surface area contributed by atoms with E-state index in [9.17, 15) is 0 Å². The molecular formula is C17H27NS. The van der Waals surface area contributed by atoms with E-state index >= 15 is 0 Å². The van der Waals surface area contributed by atoms with Crippen LogP contribution in [-0.2, 0) is 0 Å². The molecule has 1 aliphatic rings. The normalized spacial score (nSPS) is 25.2. The average molecular weight is 277 g/mol. The fourth-order valence-corrected chi connectivity index (χ4v) is 4.40. The molecule has 3 atom stereocenters. The summed E-state index contributed by atoms with van der Waals surface area (Å²) in [6, 6.07) is 2.82. The molecule has 1 heterocycles. The van der Waals surface area contributed by atoms with Crippen LogP contribution in [0.1, 0.15) is 55.0 Å². The van der Waals surface area contributed by atoms with Crippen molar-refractivity contribution in [1.29, 1.82) is 0 Å². The maximum Gasteiger partial charge on any atom is 0.0302 e. The Bertz CT molecular complexity index is 458. The molecule has 0 amide bonds. The van der Waals surface area contributed by atoms with Gasteiger partial charge in [-0.25, -0.2) is 0 Å². The zero-order chi connectivity index (χ0) is 14.0. The Hall–Kier alpha value is -0.600. The van der Waals surface area contributed by atoms with E-state index in [4.69, 9.17) is 0 Å². The highest BCUT2D eigenvalue weighted by Gasteiger charge is 2.19. The number of allylic oxidation sites excluding steroid dienone is 2. The fourth-order valence-electron chi connectivity index (χ4n) is 3.38. The molecule has 0 aliphatic heterocycles. The first kappa shape index (κ1) is 14.8. The second-order valence-corrected chi connectivity index (χ2v) is 7.76. The van der Waals surface area contributed by atoms with Gasteiger partial charge >= 0.3 is 0 Å². The number of hydrogen-bond acceptors (Lipinski definition) is 2. The molecule has 0 spiro atoms. The van der Waals surface area contributed by atoms with Crippen molar-refractivity contribution >= 4 is 11.3 Å². The standard InChI is InChI=1S/C17H27NS/c1-11-6-12(2)8-16(7-11)10-18-14(4)17-9-13(3)19-15(17)5/h6,9,11,14,16,18H,7-8,10H2,1-5H3. The van der Waals surface area contributed by atoms with Crippen LogP contribution in [0.3, 0.4) is 0 Å². The van der Waals surface area contributed by atoms with E-state index in [0.29, 0.717) is 6.04 Å². The largest absolute Gasteiger partial charge is 0.310 e. The van der Waals surface area contributed by atoms with Crippen LogP contribution in [0.15, 0.2) is 17.7 Å². The van der Waals surface area contributed by atoms with Crippen molar-refractivity contribution in [2.75, 3.05) is 6.54 Å². The molecule has 0 aromatic carbocycles. The maximum atomic E-state index is 3.74. The van der Waals surface area contributed by atoms with E-state index in [-0.39, 0.29) is 0 Å². The summed E-state index contributed by atoms with van der Waals surface area (Å²) in [4.78, 5) is 2.89. The number of thiophene rings is 1. The molecule has 1 aromatic heterocycles. The van der Waals surface area contributed by atoms with Crippen LogP contribution in [0.5, 0.6) is 0 Å². The van der Waals surface area contributed by atoms with Gasteiger partial charge in [0.15, 0.2) is 0 Å². The lowest BCUT2D eigenvalue weighted by Crippen LogP contribution is -2.28. The molecule has 0 saturated heterocycles. The fraction of sp³-hybridized carbons (Fsp3) is 0.647. The summed E-state index contributed by atoms with van der Waals surface area (Å²) in [7, 11) is 0. The number of rotatable bonds is 4. The van der Waals surface area contributed by atoms with E-state index < -0.39 is 0 Å². The van der Waals surface area contributed by atoms with Crippen LogP contribution < -0.4 is 5.32 Å². The predicted molar refractivity (Wildman–Crippen MR) is 85.9 cm³/mol. The third-order valence-corrected chi connectivity index (χ3v) is 5.13. The molecule has 3 unspecified atom stereocenters. The van der Waals surface area contributed by atoms with Crippen molar-refractivity contribution in [1.82, 2.24) is 5.32 Å². The van der Waals surface area contributed by atoms with Crippen molar-refractivity contribution in [3.63, 3.8) is 0 Å². The molecule has 2 heteroatoms. The van der Waals surface area contributed by atoms with E-state index in [0.717, 1.165) is 18.4 Å². The zero-order valence-corrected chi connectivity index (χ0v) is 13.7. The van der Waals surface area contributed by atoms with Crippen molar-refractivity contribution < 1.29 is 0 Å². The van der Waals surface area contributed by atoms with Crippen LogP contribution in [0.25, 0.3) is 0 Å². The monoisotopic (exact) mass is 277 g/mol. The minimum atomic E-state index is 0.478. The molecule has 2 rings (SSSR count). The number of aryl methyl sites for hydroxylation is 2. The van der Waals surface area contributed by atoms with Gasteiger partial charge < -0.3 is 5.32 Å². The van der Waals surface area contributed by atoms with E-state index in [1.54, 1.807) is 5.57 Å². The second-order valence-electron chi connectivity index (χ2n) is 6.29. The summed E-state index contributed by atoms with van der Waals surface area (Å²) in [6.45, 7) is 12.5. The Morgan fingerprint density at radius 2 is 2.11 bits per heavy atom. The van der Waals surface area contributed by atoms with Gasteiger partial charge in [0.2, 0.25) is 0 Å². The van der Waals surface area contributed by atoms with Gasteiger partial charge in [-0.05, 0) is 70.5 Å². The van der Waals surface area contributed by atoms with Gasteiger partial charge in [0, 0.05) is 15.8 Å². The summed E-state index contributed by atoms with van der Waals surface area (Å²) >= 11 is 1.91. The summed E-state index contributed by atoms with van der Waals surface area (Å²) < 4.78 is 0.